The molecular formula is C17H19IO. The topological polar surface area (TPSA) is 9.23 Å². The molecule has 100 valence electrons. The second-order valence-electron chi connectivity index (χ2n) is 4.69. The number of benzene rings is 2. The molecule has 0 aliphatic heterocycles. The van der Waals surface area contributed by atoms with Gasteiger partial charge in [-0.05, 0) is 30.5 Å². The first kappa shape index (κ1) is 14.5. The van der Waals surface area contributed by atoms with E-state index in [0.717, 1.165) is 4.43 Å². The van der Waals surface area contributed by atoms with E-state index in [-0.39, 0.29) is 12.2 Å². The van der Waals surface area contributed by atoms with Crippen molar-refractivity contribution in [3.63, 3.8) is 0 Å². The Balaban J connectivity index is 2.14. The van der Waals surface area contributed by atoms with E-state index in [2.05, 4.69) is 85.0 Å². The Morgan fingerprint density at radius 1 is 1.00 bits per heavy atom. The second-order valence-corrected chi connectivity index (χ2v) is 5.57. The maximum atomic E-state index is 6.25. The normalized spacial score (nSPS) is 14.1. The van der Waals surface area contributed by atoms with Crippen molar-refractivity contribution in [2.75, 3.05) is 4.43 Å². The summed E-state index contributed by atoms with van der Waals surface area (Å²) in [6, 6.07) is 18.8. The summed E-state index contributed by atoms with van der Waals surface area (Å²) in [7, 11) is 0. The number of aryl methyl sites for hydroxylation is 1. The minimum Gasteiger partial charge on any atom is -0.365 e. The Morgan fingerprint density at radius 2 is 1.63 bits per heavy atom. The van der Waals surface area contributed by atoms with Gasteiger partial charge in [0.15, 0.2) is 0 Å². The Bertz CT molecular complexity index is 510. The Hall–Kier alpha value is -0.870. The molecule has 0 saturated heterocycles. The van der Waals surface area contributed by atoms with Crippen LogP contribution in [0.4, 0.5) is 0 Å². The van der Waals surface area contributed by atoms with Gasteiger partial charge in [0.25, 0.3) is 0 Å². The highest BCUT2D eigenvalue weighted by atomic mass is 127. The summed E-state index contributed by atoms with van der Waals surface area (Å²) in [5.74, 6) is 0. The third-order valence-electron chi connectivity index (χ3n) is 3.31. The number of halogens is 1. The fourth-order valence-corrected chi connectivity index (χ4v) is 2.87. The van der Waals surface area contributed by atoms with Gasteiger partial charge >= 0.3 is 0 Å². The predicted octanol–water partition coefficient (Wildman–Crippen LogP) is 5.25. The number of rotatable bonds is 5. The highest BCUT2D eigenvalue weighted by Gasteiger charge is 2.17. The molecule has 0 aliphatic carbocycles. The Kier molecular flexibility index (Phi) is 5.40. The highest BCUT2D eigenvalue weighted by Crippen LogP contribution is 2.29. The summed E-state index contributed by atoms with van der Waals surface area (Å²) < 4.78 is 7.20. The van der Waals surface area contributed by atoms with Crippen LogP contribution in [0.5, 0.6) is 0 Å². The Morgan fingerprint density at radius 3 is 2.26 bits per heavy atom. The average molecular weight is 366 g/mol. The molecule has 1 nitrogen and oxygen atoms in total. The second kappa shape index (κ2) is 7.06. The van der Waals surface area contributed by atoms with E-state index < -0.39 is 0 Å². The molecule has 19 heavy (non-hydrogen) atoms. The number of alkyl halides is 1. The third-order valence-corrected chi connectivity index (χ3v) is 4.11. The summed E-state index contributed by atoms with van der Waals surface area (Å²) >= 11 is 2.40. The quantitative estimate of drug-likeness (QED) is 0.519. The largest absolute Gasteiger partial charge is 0.365 e. The minimum absolute atomic E-state index is 0.112. The first-order valence-corrected chi connectivity index (χ1v) is 8.07. The van der Waals surface area contributed by atoms with Crippen molar-refractivity contribution in [1.29, 1.82) is 0 Å². The lowest BCUT2D eigenvalue weighted by molar-refractivity contribution is 0.00996. The van der Waals surface area contributed by atoms with E-state index in [0.29, 0.717) is 0 Å². The van der Waals surface area contributed by atoms with Crippen LogP contribution in [0.15, 0.2) is 54.6 Å². The summed E-state index contributed by atoms with van der Waals surface area (Å²) in [5.41, 5.74) is 3.81. The molecule has 0 N–H and O–H groups in total. The van der Waals surface area contributed by atoms with Gasteiger partial charge in [0.05, 0.1) is 12.2 Å². The molecule has 0 spiro atoms. The van der Waals surface area contributed by atoms with Crippen LogP contribution in [0.2, 0.25) is 0 Å². The molecule has 2 unspecified atom stereocenters. The maximum absolute atomic E-state index is 6.25. The van der Waals surface area contributed by atoms with Gasteiger partial charge in [0, 0.05) is 4.43 Å². The van der Waals surface area contributed by atoms with Crippen molar-refractivity contribution in [1.82, 2.24) is 0 Å². The summed E-state index contributed by atoms with van der Waals surface area (Å²) in [6.07, 6.45) is 0.262. The molecule has 0 heterocycles. The van der Waals surface area contributed by atoms with Gasteiger partial charge in [-0.15, -0.1) is 0 Å². The zero-order valence-corrected chi connectivity index (χ0v) is 13.5. The van der Waals surface area contributed by atoms with Crippen LogP contribution < -0.4 is 0 Å². The molecule has 2 aromatic rings. The number of ether oxygens (including phenoxy) is 1. The van der Waals surface area contributed by atoms with Crippen LogP contribution in [0.1, 0.15) is 35.8 Å². The van der Waals surface area contributed by atoms with Gasteiger partial charge in [-0.2, -0.15) is 0 Å². The van der Waals surface area contributed by atoms with Crippen LogP contribution in [0.25, 0.3) is 0 Å². The van der Waals surface area contributed by atoms with Crippen LogP contribution in [-0.2, 0) is 4.74 Å². The lowest BCUT2D eigenvalue weighted by Gasteiger charge is -2.23. The molecule has 2 rings (SSSR count). The summed E-state index contributed by atoms with van der Waals surface area (Å²) in [5, 5.41) is 0. The number of hydrogen-bond acceptors (Lipinski definition) is 1. The smallest absolute Gasteiger partial charge is 0.0925 e. The van der Waals surface area contributed by atoms with Crippen LogP contribution in [-0.4, -0.2) is 4.43 Å². The van der Waals surface area contributed by atoms with E-state index >= 15 is 0 Å². The standard InChI is InChI=1S/C17H19IO/c1-13-8-6-7-11-16(13)17(12-18)19-14(2)15-9-4-3-5-10-15/h3-11,14,17H,12H2,1-2H3. The molecule has 0 amide bonds. The average Bonchev–Trinajstić information content (AvgIpc) is 2.46. The zero-order chi connectivity index (χ0) is 13.7. The molecule has 0 aromatic heterocycles. The summed E-state index contributed by atoms with van der Waals surface area (Å²) in [6.45, 7) is 4.26. The minimum atomic E-state index is 0.112. The van der Waals surface area contributed by atoms with Crippen LogP contribution in [0, 0.1) is 6.92 Å². The van der Waals surface area contributed by atoms with Crippen molar-refractivity contribution >= 4 is 22.6 Å². The first-order valence-electron chi connectivity index (χ1n) is 6.54. The van der Waals surface area contributed by atoms with E-state index in [1.165, 1.54) is 16.7 Å². The van der Waals surface area contributed by atoms with Crippen LogP contribution in [0.3, 0.4) is 0 Å². The van der Waals surface area contributed by atoms with Gasteiger partial charge in [-0.25, -0.2) is 0 Å². The lowest BCUT2D eigenvalue weighted by Crippen LogP contribution is -2.10. The Labute approximate surface area is 129 Å². The van der Waals surface area contributed by atoms with Crippen molar-refractivity contribution < 1.29 is 4.74 Å². The molecule has 2 aromatic carbocycles. The van der Waals surface area contributed by atoms with Crippen LogP contribution >= 0.6 is 22.6 Å². The van der Waals surface area contributed by atoms with Gasteiger partial charge in [-0.1, -0.05) is 77.2 Å². The monoisotopic (exact) mass is 366 g/mol. The van der Waals surface area contributed by atoms with Crippen molar-refractivity contribution in [3.8, 4) is 0 Å². The van der Waals surface area contributed by atoms with Gasteiger partial charge in [-0.3, -0.25) is 0 Å². The highest BCUT2D eigenvalue weighted by molar-refractivity contribution is 14.1. The number of hydrogen-bond donors (Lipinski definition) is 0. The van der Waals surface area contributed by atoms with E-state index in [1.54, 1.807) is 0 Å². The summed E-state index contributed by atoms with van der Waals surface area (Å²) in [4.78, 5) is 0. The molecule has 0 bridgehead atoms. The molecule has 2 atom stereocenters. The fraction of sp³-hybridized carbons (Fsp3) is 0.294. The van der Waals surface area contributed by atoms with Crippen molar-refractivity contribution in [2.45, 2.75) is 26.1 Å². The molecule has 0 radical (unpaired) electrons. The lowest BCUT2D eigenvalue weighted by atomic mass is 10.0. The maximum Gasteiger partial charge on any atom is 0.0925 e. The molecule has 0 saturated carbocycles. The van der Waals surface area contributed by atoms with Crippen molar-refractivity contribution in [3.05, 3.63) is 71.3 Å². The van der Waals surface area contributed by atoms with E-state index in [4.69, 9.17) is 4.74 Å². The third kappa shape index (κ3) is 3.80. The molecule has 2 heteroatoms. The van der Waals surface area contributed by atoms with E-state index in [1.807, 2.05) is 6.07 Å². The molecule has 0 aliphatic rings. The van der Waals surface area contributed by atoms with Gasteiger partial charge in [0.1, 0.15) is 0 Å². The van der Waals surface area contributed by atoms with Gasteiger partial charge < -0.3 is 4.74 Å². The molecular weight excluding hydrogens is 347 g/mol. The predicted molar refractivity (Wildman–Crippen MR) is 88.7 cm³/mol. The zero-order valence-electron chi connectivity index (χ0n) is 11.3. The molecule has 0 fully saturated rings. The van der Waals surface area contributed by atoms with Crippen molar-refractivity contribution in [2.24, 2.45) is 0 Å². The van der Waals surface area contributed by atoms with Gasteiger partial charge in [0.2, 0.25) is 0 Å². The fourth-order valence-electron chi connectivity index (χ4n) is 2.19. The first-order chi connectivity index (χ1) is 9.22. The SMILES string of the molecule is Cc1ccccc1C(CI)OC(C)c1ccccc1. The van der Waals surface area contributed by atoms with E-state index in [9.17, 15) is 0 Å².